The molecule has 3 aliphatic rings. The van der Waals surface area contributed by atoms with Crippen LogP contribution in [0.15, 0.2) is 29.3 Å². The third-order valence-electron chi connectivity index (χ3n) is 4.82. The van der Waals surface area contributed by atoms with Crippen LogP contribution in [0.25, 0.3) is 0 Å². The Bertz CT molecular complexity index is 791. The molecule has 110 valence electrons. The Morgan fingerprint density at radius 3 is 2.73 bits per heavy atom. The molecule has 1 saturated heterocycles. The first-order chi connectivity index (χ1) is 10.6. The van der Waals surface area contributed by atoms with Gasteiger partial charge < -0.3 is 10.5 Å². The van der Waals surface area contributed by atoms with Crippen LogP contribution in [0.3, 0.4) is 0 Å². The van der Waals surface area contributed by atoms with Crippen LogP contribution in [0, 0.1) is 33.5 Å². The zero-order valence-corrected chi connectivity index (χ0v) is 13.0. The van der Waals surface area contributed by atoms with Gasteiger partial charge in [-0.15, -0.1) is 0 Å². The topological polar surface area (TPSA) is 95.2 Å². The van der Waals surface area contributed by atoms with Crippen molar-refractivity contribution in [3.63, 3.8) is 0 Å². The fourth-order valence-corrected chi connectivity index (χ4v) is 5.46. The number of thioether (sulfide) groups is 1. The van der Waals surface area contributed by atoms with Crippen LogP contribution >= 0.6 is 23.4 Å². The van der Waals surface area contributed by atoms with Crippen molar-refractivity contribution in [3.8, 4) is 12.1 Å². The molecule has 2 heterocycles. The van der Waals surface area contributed by atoms with E-state index in [2.05, 4.69) is 17.1 Å². The van der Waals surface area contributed by atoms with Crippen molar-refractivity contribution in [2.45, 2.75) is 11.0 Å². The summed E-state index contributed by atoms with van der Waals surface area (Å²) in [5.74, 6) is 0.472. The predicted octanol–water partition coefficient (Wildman–Crippen LogP) is 2.25. The lowest BCUT2D eigenvalue weighted by atomic mass is 9.95. The summed E-state index contributed by atoms with van der Waals surface area (Å²) in [6.07, 6.45) is 0. The second-order valence-electron chi connectivity index (χ2n) is 5.57. The minimum absolute atomic E-state index is 0.177. The third-order valence-corrected chi connectivity index (χ3v) is 6.46. The number of rotatable bonds is 1. The molecule has 4 rings (SSSR count). The van der Waals surface area contributed by atoms with Crippen molar-refractivity contribution in [1.82, 2.24) is 0 Å². The first-order valence-corrected chi connectivity index (χ1v) is 8.16. The van der Waals surface area contributed by atoms with Gasteiger partial charge in [-0.1, -0.05) is 41.6 Å². The van der Waals surface area contributed by atoms with Crippen LogP contribution in [-0.4, -0.2) is 23.3 Å². The van der Waals surface area contributed by atoms with Crippen molar-refractivity contribution in [2.75, 3.05) is 12.4 Å². The van der Waals surface area contributed by atoms with E-state index < -0.39 is 21.8 Å². The summed E-state index contributed by atoms with van der Waals surface area (Å²) in [6, 6.07) is 11.8. The van der Waals surface area contributed by atoms with E-state index in [1.807, 2.05) is 18.2 Å². The maximum Gasteiger partial charge on any atom is 0.230 e. The van der Waals surface area contributed by atoms with Crippen LogP contribution in [0.4, 0.5) is 0 Å². The molecule has 7 heteroatoms. The number of halogens is 1. The minimum Gasteiger partial charge on any atom is -0.386 e. The van der Waals surface area contributed by atoms with Gasteiger partial charge in [0.15, 0.2) is 5.41 Å². The van der Waals surface area contributed by atoms with Crippen molar-refractivity contribution in [1.29, 1.82) is 10.5 Å². The first kappa shape index (κ1) is 13.9. The van der Waals surface area contributed by atoms with Crippen molar-refractivity contribution < 1.29 is 4.74 Å². The molecule has 2 N–H and O–H groups in total. The average Bonchev–Trinajstić information content (AvgIpc) is 2.76. The molecular formula is C15H11ClN4OS. The number of hydrogen-bond acceptors (Lipinski definition) is 6. The summed E-state index contributed by atoms with van der Waals surface area (Å²) in [4.78, 5) is 4.39. The molecule has 4 atom stereocenters. The van der Waals surface area contributed by atoms with Crippen LogP contribution in [0.1, 0.15) is 11.5 Å². The van der Waals surface area contributed by atoms with E-state index in [0.717, 1.165) is 11.3 Å². The van der Waals surface area contributed by atoms with Crippen molar-refractivity contribution >= 4 is 29.2 Å². The molecule has 2 fully saturated rings. The maximum atomic E-state index is 9.96. The second kappa shape index (κ2) is 4.17. The van der Waals surface area contributed by atoms with Gasteiger partial charge >= 0.3 is 0 Å². The smallest absolute Gasteiger partial charge is 0.230 e. The molecule has 1 saturated carbocycles. The highest BCUT2D eigenvalue weighted by Gasteiger charge is 2.93. The minimum atomic E-state index is -1.16. The molecule has 0 radical (unpaired) electrons. The monoisotopic (exact) mass is 330 g/mol. The van der Waals surface area contributed by atoms with Gasteiger partial charge in [0, 0.05) is 16.7 Å². The van der Waals surface area contributed by atoms with Gasteiger partial charge in [-0.2, -0.15) is 10.5 Å². The number of fused-ring (bicyclic) bond motifs is 2. The van der Waals surface area contributed by atoms with Gasteiger partial charge in [0.2, 0.25) is 5.06 Å². The number of aliphatic imine (C=N–C) groups is 1. The van der Waals surface area contributed by atoms with E-state index in [4.69, 9.17) is 22.1 Å². The van der Waals surface area contributed by atoms with E-state index in [9.17, 15) is 10.5 Å². The lowest BCUT2D eigenvalue weighted by Gasteiger charge is -2.26. The summed E-state index contributed by atoms with van der Waals surface area (Å²) in [7, 11) is 0. The molecule has 22 heavy (non-hydrogen) atoms. The molecule has 1 spiro atoms. The van der Waals surface area contributed by atoms with Gasteiger partial charge in [-0.05, 0) is 11.6 Å². The van der Waals surface area contributed by atoms with Crippen LogP contribution in [0.5, 0.6) is 0 Å². The summed E-state index contributed by atoms with van der Waals surface area (Å²) >= 11 is 7.75. The summed E-state index contributed by atoms with van der Waals surface area (Å²) in [5, 5.41) is 19.2. The fraction of sp³-hybridized carbons (Fsp3) is 0.400. The molecule has 0 amide bonds. The molecule has 0 aromatic heterocycles. The fourth-order valence-electron chi connectivity index (χ4n) is 3.89. The Kier molecular flexibility index (Phi) is 2.64. The number of ether oxygens (including phenoxy) is 1. The number of nitrogens with zero attached hydrogens (tertiary/aromatic N) is 3. The highest BCUT2D eigenvalue weighted by molar-refractivity contribution is 8.00. The quantitative estimate of drug-likeness (QED) is 0.852. The molecule has 1 aromatic carbocycles. The molecule has 1 aromatic rings. The van der Waals surface area contributed by atoms with E-state index in [1.54, 1.807) is 6.07 Å². The number of amidine groups is 1. The molecule has 0 unspecified atom stereocenters. The highest BCUT2D eigenvalue weighted by atomic mass is 35.5. The summed E-state index contributed by atoms with van der Waals surface area (Å²) in [6.45, 7) is 0.488. The number of hydrogen-bond donors (Lipinski definition) is 1. The Labute approximate surface area is 136 Å². The summed E-state index contributed by atoms with van der Waals surface area (Å²) in [5.41, 5.74) is 4.57. The Hall–Kier alpha value is -1.73. The predicted molar refractivity (Wildman–Crippen MR) is 83.0 cm³/mol. The molecule has 0 bridgehead atoms. The molecular weight excluding hydrogens is 320 g/mol. The standard InChI is InChI=1S/C15H11ClN4OS/c16-10-4-2-1-3-9(10)11-13(7-17)12(19)20-15(14(11,13)8-18)21-5-6-22-15/h1-4,11H,5-6H2,(H2,19,20)/t11-,13+,14+,15+/m0/s1. The SMILES string of the molecule is N#C[C@@]12[C@@H](c3ccccc3Cl)[C@]1(C#N)C(N)=N[C@@]21OCCS1. The molecule has 5 nitrogen and oxygen atoms in total. The Morgan fingerprint density at radius 1 is 1.36 bits per heavy atom. The highest BCUT2D eigenvalue weighted by Crippen LogP contribution is 2.84. The molecule has 2 aliphatic heterocycles. The first-order valence-electron chi connectivity index (χ1n) is 6.80. The van der Waals surface area contributed by atoms with E-state index in [0.29, 0.717) is 11.6 Å². The van der Waals surface area contributed by atoms with Gasteiger partial charge in [0.25, 0.3) is 0 Å². The van der Waals surface area contributed by atoms with Gasteiger partial charge in [0.05, 0.1) is 18.7 Å². The Morgan fingerprint density at radius 2 is 2.14 bits per heavy atom. The summed E-state index contributed by atoms with van der Waals surface area (Å²) < 4.78 is 5.82. The number of benzene rings is 1. The van der Waals surface area contributed by atoms with Crippen LogP contribution in [0.2, 0.25) is 5.02 Å². The third kappa shape index (κ3) is 1.20. The molecule has 1 aliphatic carbocycles. The average molecular weight is 331 g/mol. The Balaban J connectivity index is 1.97. The van der Waals surface area contributed by atoms with Crippen molar-refractivity contribution in [3.05, 3.63) is 34.9 Å². The van der Waals surface area contributed by atoms with Gasteiger partial charge in [-0.3, -0.25) is 0 Å². The lowest BCUT2D eigenvalue weighted by Crippen LogP contribution is -2.34. The van der Waals surface area contributed by atoms with Crippen LogP contribution in [-0.2, 0) is 4.74 Å². The van der Waals surface area contributed by atoms with Gasteiger partial charge in [-0.25, -0.2) is 4.99 Å². The number of nitriles is 2. The maximum absolute atomic E-state index is 9.96. The largest absolute Gasteiger partial charge is 0.386 e. The van der Waals surface area contributed by atoms with Crippen LogP contribution < -0.4 is 5.73 Å². The lowest BCUT2D eigenvalue weighted by molar-refractivity contribution is 0.0200. The van der Waals surface area contributed by atoms with Crippen molar-refractivity contribution in [2.24, 2.45) is 21.6 Å². The van der Waals surface area contributed by atoms with E-state index >= 15 is 0 Å². The zero-order valence-electron chi connectivity index (χ0n) is 11.4. The normalized spacial score (nSPS) is 41.6. The second-order valence-corrected chi connectivity index (χ2v) is 7.23. The van der Waals surface area contributed by atoms with E-state index in [1.165, 1.54) is 11.8 Å². The number of nitrogens with two attached hydrogens (primary N) is 1. The van der Waals surface area contributed by atoms with Gasteiger partial charge in [0.1, 0.15) is 11.3 Å². The van der Waals surface area contributed by atoms with E-state index in [-0.39, 0.29) is 5.84 Å². The zero-order chi connectivity index (χ0) is 15.6.